The summed E-state index contributed by atoms with van der Waals surface area (Å²) in [6.07, 6.45) is 0. The van der Waals surface area contributed by atoms with Crippen molar-refractivity contribution in [2.24, 2.45) is 0 Å². The normalized spacial score (nSPS) is 10.4. The summed E-state index contributed by atoms with van der Waals surface area (Å²) < 4.78 is 34.2. The molecule has 5 N–H and O–H groups in total. The van der Waals surface area contributed by atoms with Crippen LogP contribution in [-0.4, -0.2) is 45.1 Å². The van der Waals surface area contributed by atoms with E-state index < -0.39 is 44.6 Å². The number of hydrogen-bond donors (Lipinski definition) is 5. The number of nitrogens with one attached hydrogen (secondary N) is 2. The van der Waals surface area contributed by atoms with Crippen molar-refractivity contribution in [1.29, 1.82) is 0 Å². The number of phenols is 1. The third kappa shape index (κ3) is 7.41. The van der Waals surface area contributed by atoms with Crippen molar-refractivity contribution in [1.82, 2.24) is 9.97 Å². The summed E-state index contributed by atoms with van der Waals surface area (Å²) in [5, 5.41) is 29.1. The van der Waals surface area contributed by atoms with Gasteiger partial charge in [0.05, 0.1) is 22.7 Å². The van der Waals surface area contributed by atoms with E-state index in [-0.39, 0.29) is 92.4 Å². The predicted molar refractivity (Wildman–Crippen MR) is 114 cm³/mol. The average molecular weight is 535 g/mol. The van der Waals surface area contributed by atoms with Crippen LogP contribution in [0.5, 0.6) is 11.5 Å². The van der Waals surface area contributed by atoms with Gasteiger partial charge in [0.25, 0.3) is 0 Å². The van der Waals surface area contributed by atoms with E-state index in [9.17, 15) is 37.8 Å². The van der Waals surface area contributed by atoms with Crippen LogP contribution < -0.4 is 79.3 Å². The zero-order valence-corrected chi connectivity index (χ0v) is 23.5. The maximum atomic E-state index is 11.6. The second-order valence-corrected chi connectivity index (χ2v) is 7.60. The fraction of sp³-hybridized carbons (Fsp3) is 0. The third-order valence-electron chi connectivity index (χ3n) is 4.32. The average Bonchev–Trinajstić information content (AvgIpc) is 2.74. The molecule has 176 valence electrons. The molecule has 0 aliphatic carbocycles. The minimum Gasteiger partial charge on any atom is -0.543 e. The molecule has 0 atom stereocenters. The van der Waals surface area contributed by atoms with E-state index in [4.69, 9.17) is 9.66 Å². The SMILES string of the molecule is O=C(O)c1cc(=O)c2cccc(O)c2[nH]1.O=C([O-])c1cc(=O)c2cccc(OS(=O)(=O)O)c2[nH]1.[Na+].[Na+]. The standard InChI is InChI=1S/C10H7NO7S.C10H7NO4.2Na/c12-7-4-6(10(13)14)11-9-5(7)2-1-3-8(9)18-19(15,16)17;12-7-3-1-2-5-8(13)4-6(10(14)15)11-9(5)7;;/h1-4H,(H,11,12)(H,13,14)(H,15,16,17);1-4,12H,(H,11,13)(H,14,15);;/q;;2*+1/p-1. The van der Waals surface area contributed by atoms with E-state index in [1.54, 1.807) is 0 Å². The summed E-state index contributed by atoms with van der Waals surface area (Å²) in [7, 11) is -4.80. The van der Waals surface area contributed by atoms with Gasteiger partial charge in [0.15, 0.2) is 16.6 Å². The number of pyridine rings is 2. The Balaban J connectivity index is 0.000000349. The Morgan fingerprint density at radius 3 is 1.89 bits per heavy atom. The van der Waals surface area contributed by atoms with Gasteiger partial charge in [-0.05, 0) is 24.3 Å². The molecule has 16 heteroatoms. The quantitative estimate of drug-likeness (QED) is 0.122. The topological polar surface area (TPSA) is 227 Å². The first-order valence-corrected chi connectivity index (χ1v) is 10.4. The number of carboxylic acid groups (broad SMARTS) is 2. The molecule has 0 aliphatic heterocycles. The van der Waals surface area contributed by atoms with Gasteiger partial charge in [0, 0.05) is 22.9 Å². The zero-order valence-electron chi connectivity index (χ0n) is 18.6. The Morgan fingerprint density at radius 2 is 1.36 bits per heavy atom. The van der Waals surface area contributed by atoms with E-state index >= 15 is 0 Å². The van der Waals surface area contributed by atoms with E-state index in [0.29, 0.717) is 0 Å². The van der Waals surface area contributed by atoms with Crippen molar-refractivity contribution in [3.63, 3.8) is 0 Å². The van der Waals surface area contributed by atoms with Crippen LogP contribution in [0.3, 0.4) is 0 Å². The number of aromatic carboxylic acids is 2. The zero-order chi connectivity index (χ0) is 25.2. The van der Waals surface area contributed by atoms with E-state index in [0.717, 1.165) is 18.2 Å². The molecule has 2 heterocycles. The van der Waals surface area contributed by atoms with Gasteiger partial charge in [-0.1, -0.05) is 12.1 Å². The van der Waals surface area contributed by atoms with Gasteiger partial charge in [0.2, 0.25) is 0 Å². The molecule has 0 unspecified atom stereocenters. The number of phenolic OH excluding ortho intramolecular Hbond substituents is 1. The molecule has 0 aliphatic rings. The second kappa shape index (κ2) is 12.5. The molecule has 2 aromatic carbocycles. The summed E-state index contributed by atoms with van der Waals surface area (Å²) in [6, 6.07) is 10.0. The molecule has 36 heavy (non-hydrogen) atoms. The smallest absolute Gasteiger partial charge is 0.543 e. The number of carboxylic acids is 2. The van der Waals surface area contributed by atoms with Gasteiger partial charge >= 0.3 is 75.5 Å². The third-order valence-corrected chi connectivity index (χ3v) is 4.71. The summed E-state index contributed by atoms with van der Waals surface area (Å²) in [5.41, 5.74) is -1.90. The van der Waals surface area contributed by atoms with Crippen LogP contribution >= 0.6 is 0 Å². The van der Waals surface area contributed by atoms with Gasteiger partial charge < -0.3 is 34.3 Å². The number of carbonyl (C=O) groups excluding carboxylic acids is 1. The minimum absolute atomic E-state index is 0. The van der Waals surface area contributed by atoms with E-state index in [2.05, 4.69) is 14.2 Å². The van der Waals surface area contributed by atoms with Crippen LogP contribution in [0.25, 0.3) is 21.8 Å². The number of aromatic hydroxyl groups is 1. The van der Waals surface area contributed by atoms with Crippen molar-refractivity contribution in [2.45, 2.75) is 0 Å². The van der Waals surface area contributed by atoms with Crippen LogP contribution in [0.2, 0.25) is 0 Å². The summed E-state index contributed by atoms with van der Waals surface area (Å²) >= 11 is 0. The Morgan fingerprint density at radius 1 is 0.861 bits per heavy atom. The van der Waals surface area contributed by atoms with Crippen molar-refractivity contribution in [2.75, 3.05) is 0 Å². The molecule has 2 aromatic heterocycles. The molecule has 0 saturated heterocycles. The van der Waals surface area contributed by atoms with Crippen molar-refractivity contribution >= 4 is 44.1 Å². The largest absolute Gasteiger partial charge is 1.00 e. The number of hydrogen-bond acceptors (Lipinski definition) is 9. The molecular weight excluding hydrogens is 522 g/mol. The maximum absolute atomic E-state index is 11.6. The molecule has 0 saturated carbocycles. The van der Waals surface area contributed by atoms with E-state index in [1.165, 1.54) is 30.3 Å². The number of aromatic amines is 2. The molecule has 0 amide bonds. The van der Waals surface area contributed by atoms with Gasteiger partial charge in [-0.25, -0.2) is 4.79 Å². The minimum atomic E-state index is -4.80. The fourth-order valence-corrected chi connectivity index (χ4v) is 3.28. The van der Waals surface area contributed by atoms with Crippen LogP contribution in [0, 0.1) is 0 Å². The van der Waals surface area contributed by atoms with Gasteiger partial charge in [-0.15, -0.1) is 0 Å². The van der Waals surface area contributed by atoms with Crippen LogP contribution in [0.4, 0.5) is 0 Å². The van der Waals surface area contributed by atoms with Crippen molar-refractivity contribution < 1.29 is 101 Å². The second-order valence-electron chi connectivity index (χ2n) is 6.58. The van der Waals surface area contributed by atoms with E-state index in [1.807, 2.05) is 0 Å². The maximum Gasteiger partial charge on any atom is 1.00 e. The number of fused-ring (bicyclic) bond motifs is 2. The molecule has 0 spiro atoms. The monoisotopic (exact) mass is 535 g/mol. The fourth-order valence-electron chi connectivity index (χ4n) is 2.91. The summed E-state index contributed by atoms with van der Waals surface area (Å²) in [4.78, 5) is 49.2. The van der Waals surface area contributed by atoms with Crippen molar-refractivity contribution in [3.05, 3.63) is 80.4 Å². The number of aromatic nitrogens is 2. The molecule has 0 radical (unpaired) electrons. The molecular formula is C20H13N2Na2O11S+. The number of para-hydroxylation sites is 2. The Bertz CT molecular complexity index is 1680. The molecule has 0 fully saturated rings. The van der Waals surface area contributed by atoms with Gasteiger partial charge in [-0.2, -0.15) is 8.42 Å². The Hall–Kier alpha value is -2.69. The first-order valence-electron chi connectivity index (χ1n) is 9.00. The Labute approximate surface area is 245 Å². The van der Waals surface area contributed by atoms with Crippen LogP contribution in [-0.2, 0) is 10.4 Å². The first-order chi connectivity index (χ1) is 15.9. The molecule has 4 aromatic rings. The van der Waals surface area contributed by atoms with Gasteiger partial charge in [-0.3, -0.25) is 14.1 Å². The number of benzene rings is 2. The molecule has 4 rings (SSSR count). The number of carbonyl (C=O) groups is 2. The summed E-state index contributed by atoms with van der Waals surface area (Å²) in [5.74, 6) is -3.43. The van der Waals surface area contributed by atoms with Crippen LogP contribution in [0.15, 0.2) is 58.1 Å². The predicted octanol–water partition coefficient (Wildman–Crippen LogP) is -5.99. The first kappa shape index (κ1) is 31.3. The Kier molecular flexibility index (Phi) is 10.9. The van der Waals surface area contributed by atoms with Crippen molar-refractivity contribution in [3.8, 4) is 11.5 Å². The van der Waals surface area contributed by atoms with Crippen LogP contribution in [0.1, 0.15) is 21.0 Å². The summed E-state index contributed by atoms with van der Waals surface area (Å²) in [6.45, 7) is 0. The molecule has 13 nitrogen and oxygen atoms in total. The number of rotatable bonds is 4. The molecule has 0 bridgehead atoms. The number of H-pyrrole nitrogens is 2. The van der Waals surface area contributed by atoms with Gasteiger partial charge in [0.1, 0.15) is 11.4 Å².